The van der Waals surface area contributed by atoms with Crippen molar-refractivity contribution in [3.8, 4) is 5.75 Å². The van der Waals surface area contributed by atoms with Gasteiger partial charge in [-0.15, -0.1) is 24.0 Å². The first-order chi connectivity index (χ1) is 12.2. The fourth-order valence-corrected chi connectivity index (χ4v) is 4.31. The van der Waals surface area contributed by atoms with Crippen molar-refractivity contribution in [3.63, 3.8) is 0 Å². The van der Waals surface area contributed by atoms with Crippen molar-refractivity contribution in [2.45, 2.75) is 38.5 Å². The molecule has 1 unspecified atom stereocenters. The van der Waals surface area contributed by atoms with Crippen LogP contribution in [0.3, 0.4) is 0 Å². The molecule has 1 saturated heterocycles. The van der Waals surface area contributed by atoms with Gasteiger partial charge in [0.2, 0.25) is 0 Å². The van der Waals surface area contributed by atoms with Gasteiger partial charge in [0.05, 0.1) is 22.1 Å². The number of nitrogens with one attached hydrogen (secondary N) is 1. The third-order valence-corrected chi connectivity index (χ3v) is 7.19. The molecular weight excluding hydrogens is 501 g/mol. The minimum Gasteiger partial charge on any atom is -0.487 e. The number of halogens is 2. The van der Waals surface area contributed by atoms with Crippen LogP contribution in [-0.4, -0.2) is 62.1 Å². The molecule has 1 aliphatic rings. The van der Waals surface area contributed by atoms with E-state index in [1.54, 1.807) is 19.9 Å². The first-order valence-electron chi connectivity index (χ1n) is 8.83. The molecule has 1 aliphatic heterocycles. The smallest absolute Gasteiger partial charge is 0.194 e. The SMILES string of the molecule is CCNC(=NCC(C)Oc1ccccc1Cl)N1CCS(=O)(=O)C(C)(C)C1.I. The molecule has 154 valence electrons. The maximum absolute atomic E-state index is 12.2. The van der Waals surface area contributed by atoms with Crippen molar-refractivity contribution in [2.24, 2.45) is 4.99 Å². The lowest BCUT2D eigenvalue weighted by molar-refractivity contribution is 0.229. The molecule has 0 aliphatic carbocycles. The summed E-state index contributed by atoms with van der Waals surface area (Å²) in [5.41, 5.74) is 0. The normalized spacial score (nSPS) is 19.7. The average molecular weight is 530 g/mol. The Hall–Kier alpha value is -0.740. The number of para-hydroxylation sites is 1. The predicted molar refractivity (Wildman–Crippen MR) is 122 cm³/mol. The van der Waals surface area contributed by atoms with Crippen LogP contribution in [0.25, 0.3) is 0 Å². The van der Waals surface area contributed by atoms with E-state index < -0.39 is 14.6 Å². The number of hydrogen-bond donors (Lipinski definition) is 1. The van der Waals surface area contributed by atoms with Crippen LogP contribution >= 0.6 is 35.6 Å². The second-order valence-corrected chi connectivity index (χ2v) is 10.2. The molecule has 27 heavy (non-hydrogen) atoms. The molecule has 2 rings (SSSR count). The third-order valence-electron chi connectivity index (χ3n) is 4.34. The van der Waals surface area contributed by atoms with E-state index in [1.165, 1.54) is 0 Å². The zero-order chi connectivity index (χ0) is 19.4. The first kappa shape index (κ1) is 24.3. The maximum Gasteiger partial charge on any atom is 0.194 e. The zero-order valence-electron chi connectivity index (χ0n) is 16.2. The van der Waals surface area contributed by atoms with Crippen molar-refractivity contribution in [1.82, 2.24) is 10.2 Å². The van der Waals surface area contributed by atoms with Crippen LogP contribution in [0, 0.1) is 0 Å². The average Bonchev–Trinajstić information content (AvgIpc) is 2.56. The molecule has 0 amide bonds. The number of guanidine groups is 1. The van der Waals surface area contributed by atoms with Gasteiger partial charge in [0.1, 0.15) is 11.9 Å². The summed E-state index contributed by atoms with van der Waals surface area (Å²) in [5, 5.41) is 3.82. The Morgan fingerprint density at radius 2 is 2.07 bits per heavy atom. The van der Waals surface area contributed by atoms with Crippen LogP contribution in [-0.2, 0) is 9.84 Å². The Bertz CT molecular complexity index is 756. The van der Waals surface area contributed by atoms with Gasteiger partial charge < -0.3 is 15.0 Å². The summed E-state index contributed by atoms with van der Waals surface area (Å²) in [6.07, 6.45) is -0.162. The van der Waals surface area contributed by atoms with E-state index >= 15 is 0 Å². The van der Waals surface area contributed by atoms with Crippen molar-refractivity contribution < 1.29 is 13.2 Å². The highest BCUT2D eigenvalue weighted by Crippen LogP contribution is 2.25. The van der Waals surface area contributed by atoms with Gasteiger partial charge in [-0.3, -0.25) is 0 Å². The molecule has 0 saturated carbocycles. The van der Waals surface area contributed by atoms with Crippen molar-refractivity contribution in [1.29, 1.82) is 0 Å². The van der Waals surface area contributed by atoms with Gasteiger partial charge >= 0.3 is 0 Å². The molecule has 6 nitrogen and oxygen atoms in total. The predicted octanol–water partition coefficient (Wildman–Crippen LogP) is 3.20. The summed E-state index contributed by atoms with van der Waals surface area (Å²) < 4.78 is 29.5. The Balaban J connectivity index is 0.00000364. The van der Waals surface area contributed by atoms with Gasteiger partial charge in [0, 0.05) is 19.6 Å². The second-order valence-electron chi connectivity index (χ2n) is 7.05. The highest BCUT2D eigenvalue weighted by Gasteiger charge is 2.40. The van der Waals surface area contributed by atoms with Crippen LogP contribution in [0.15, 0.2) is 29.3 Å². The summed E-state index contributed by atoms with van der Waals surface area (Å²) in [6.45, 7) is 9.46. The number of benzene rings is 1. The van der Waals surface area contributed by atoms with Gasteiger partial charge in [-0.05, 0) is 39.8 Å². The van der Waals surface area contributed by atoms with E-state index in [2.05, 4.69) is 10.3 Å². The Kier molecular flexibility index (Phi) is 9.14. The van der Waals surface area contributed by atoms with Crippen molar-refractivity contribution in [2.75, 3.05) is 31.9 Å². The lowest BCUT2D eigenvalue weighted by atomic mass is 10.2. The molecule has 1 aromatic carbocycles. The molecule has 0 spiro atoms. The maximum atomic E-state index is 12.2. The minimum atomic E-state index is -3.08. The summed E-state index contributed by atoms with van der Waals surface area (Å²) in [5.74, 6) is 1.48. The van der Waals surface area contributed by atoms with E-state index in [9.17, 15) is 8.42 Å². The van der Waals surface area contributed by atoms with E-state index in [4.69, 9.17) is 16.3 Å². The molecule has 1 N–H and O–H groups in total. The first-order valence-corrected chi connectivity index (χ1v) is 10.9. The van der Waals surface area contributed by atoms with Crippen LogP contribution in [0.2, 0.25) is 5.02 Å². The molecule has 0 aromatic heterocycles. The van der Waals surface area contributed by atoms with E-state index in [0.717, 1.165) is 0 Å². The monoisotopic (exact) mass is 529 g/mol. The summed E-state index contributed by atoms with van der Waals surface area (Å²) >= 11 is 6.12. The van der Waals surface area contributed by atoms with Gasteiger partial charge in [-0.25, -0.2) is 13.4 Å². The molecule has 9 heteroatoms. The zero-order valence-corrected chi connectivity index (χ0v) is 20.1. The van der Waals surface area contributed by atoms with Crippen molar-refractivity contribution >= 4 is 51.4 Å². The highest BCUT2D eigenvalue weighted by atomic mass is 127. The number of nitrogens with zero attached hydrogens (tertiary/aromatic N) is 2. The summed E-state index contributed by atoms with van der Waals surface area (Å²) in [4.78, 5) is 6.65. The van der Waals surface area contributed by atoms with Gasteiger partial charge in [-0.2, -0.15) is 0 Å². The molecule has 1 atom stereocenters. The summed E-state index contributed by atoms with van der Waals surface area (Å²) in [7, 11) is -3.08. The number of ether oxygens (including phenoxy) is 1. The second kappa shape index (κ2) is 10.2. The third kappa shape index (κ3) is 6.39. The molecule has 0 bridgehead atoms. The van der Waals surface area contributed by atoms with Crippen LogP contribution in [0.1, 0.15) is 27.7 Å². The van der Waals surface area contributed by atoms with Gasteiger partial charge in [0.15, 0.2) is 15.8 Å². The quantitative estimate of drug-likeness (QED) is 0.360. The Morgan fingerprint density at radius 1 is 1.41 bits per heavy atom. The van der Waals surface area contributed by atoms with Gasteiger partial charge in [0.25, 0.3) is 0 Å². The largest absolute Gasteiger partial charge is 0.487 e. The minimum absolute atomic E-state index is 0. The van der Waals surface area contributed by atoms with Crippen molar-refractivity contribution in [3.05, 3.63) is 29.3 Å². The molecular formula is C18H29ClIN3O3S. The van der Waals surface area contributed by atoms with E-state index in [0.29, 0.717) is 42.9 Å². The Labute approximate surface area is 184 Å². The molecule has 0 radical (unpaired) electrons. The molecule has 1 heterocycles. The molecule has 1 aromatic rings. The number of aliphatic imine (C=N–C) groups is 1. The van der Waals surface area contributed by atoms with Crippen LogP contribution in [0.4, 0.5) is 0 Å². The topological polar surface area (TPSA) is 71.0 Å². The number of rotatable bonds is 5. The standard InChI is InChI=1S/C18H28ClN3O3S.HI/c1-5-20-17(22-10-11-26(23,24)18(3,4)13-22)21-12-14(2)25-16-9-7-6-8-15(16)19;/h6-9,14H,5,10-13H2,1-4H3,(H,20,21);1H. The fourth-order valence-electron chi connectivity index (χ4n) is 2.76. The lowest BCUT2D eigenvalue weighted by Crippen LogP contribution is -2.57. The Morgan fingerprint density at radius 3 is 2.67 bits per heavy atom. The van der Waals surface area contributed by atoms with Crippen LogP contribution < -0.4 is 10.1 Å². The van der Waals surface area contributed by atoms with E-state index in [1.807, 2.05) is 36.9 Å². The highest BCUT2D eigenvalue weighted by molar-refractivity contribution is 14.0. The van der Waals surface area contributed by atoms with Gasteiger partial charge in [-0.1, -0.05) is 23.7 Å². The number of sulfone groups is 1. The summed E-state index contributed by atoms with van der Waals surface area (Å²) in [6, 6.07) is 7.34. The van der Waals surface area contributed by atoms with E-state index in [-0.39, 0.29) is 35.8 Å². The molecule has 1 fully saturated rings. The lowest BCUT2D eigenvalue weighted by Gasteiger charge is -2.39. The number of hydrogen-bond acceptors (Lipinski definition) is 4. The fraction of sp³-hybridized carbons (Fsp3) is 0.611. The van der Waals surface area contributed by atoms with Crippen LogP contribution in [0.5, 0.6) is 5.75 Å².